The van der Waals surface area contributed by atoms with E-state index >= 15 is 0 Å². The predicted molar refractivity (Wildman–Crippen MR) is 120 cm³/mol. The zero-order chi connectivity index (χ0) is 22.3. The van der Waals surface area contributed by atoms with Crippen molar-refractivity contribution < 1.29 is 9.47 Å². The molecule has 1 fully saturated rings. The highest BCUT2D eigenvalue weighted by atomic mass is 32.2. The molecular weight excluding hydrogens is 424 g/mol. The molecule has 1 aliphatic heterocycles. The normalized spacial score (nSPS) is 15.1. The number of nitrogens with zero attached hydrogens (tertiary/aromatic N) is 5. The molecule has 8 nitrogen and oxygen atoms in total. The Labute approximate surface area is 190 Å². The number of nitrogens with two attached hydrogens (primary N) is 1. The summed E-state index contributed by atoms with van der Waals surface area (Å²) in [5, 5.41) is 20.0. The molecule has 0 unspecified atom stereocenters. The average molecular weight is 445 g/mol. The second-order valence-electron chi connectivity index (χ2n) is 7.09. The van der Waals surface area contributed by atoms with E-state index in [4.69, 9.17) is 15.2 Å². The largest absolute Gasteiger partial charge is 0.489 e. The first-order valence-electron chi connectivity index (χ1n) is 10.1. The lowest BCUT2D eigenvalue weighted by atomic mass is 10.0. The maximum atomic E-state index is 9.89. The zero-order valence-electron chi connectivity index (χ0n) is 17.2. The van der Waals surface area contributed by atoms with Crippen molar-refractivity contribution in [2.75, 3.05) is 18.9 Å². The van der Waals surface area contributed by atoms with E-state index in [0.717, 1.165) is 25.1 Å². The lowest BCUT2D eigenvalue weighted by molar-refractivity contribution is 0.0678. The Bertz CT molecular complexity index is 1170. The summed E-state index contributed by atoms with van der Waals surface area (Å²) in [5.74, 6) is 1.16. The topological polar surface area (TPSA) is 131 Å². The number of aromatic nitrogens is 3. The molecule has 0 aliphatic carbocycles. The van der Waals surface area contributed by atoms with Gasteiger partial charge in [0, 0.05) is 24.1 Å². The van der Waals surface area contributed by atoms with Crippen molar-refractivity contribution in [3.8, 4) is 29.1 Å². The molecule has 1 saturated heterocycles. The van der Waals surface area contributed by atoms with Gasteiger partial charge in [-0.2, -0.15) is 10.5 Å². The summed E-state index contributed by atoms with van der Waals surface area (Å²) in [6.45, 7) is 1.23. The second-order valence-corrected chi connectivity index (χ2v) is 8.05. The van der Waals surface area contributed by atoms with Crippen LogP contribution in [0.25, 0.3) is 11.3 Å². The molecule has 0 radical (unpaired) electrons. The van der Waals surface area contributed by atoms with E-state index in [1.165, 1.54) is 11.8 Å². The molecule has 2 N–H and O–H groups in total. The molecule has 0 amide bonds. The van der Waals surface area contributed by atoms with Crippen LogP contribution in [0.15, 0.2) is 47.8 Å². The first kappa shape index (κ1) is 21.6. The molecule has 160 valence electrons. The maximum Gasteiger partial charge on any atom is 0.143 e. The van der Waals surface area contributed by atoms with Gasteiger partial charge >= 0.3 is 0 Å². The van der Waals surface area contributed by atoms with Crippen LogP contribution < -0.4 is 10.5 Å². The Balaban J connectivity index is 1.62. The molecule has 0 bridgehead atoms. The SMILES string of the molecule is N#Cc1c(N)nc(SCc2ccccn2)c(C#N)c1-c1ccc(OC[C@H]2CCCO2)cn1. The van der Waals surface area contributed by atoms with E-state index in [0.29, 0.717) is 34.4 Å². The van der Waals surface area contributed by atoms with Gasteiger partial charge < -0.3 is 15.2 Å². The lowest BCUT2D eigenvalue weighted by Gasteiger charge is -2.14. The van der Waals surface area contributed by atoms with Crippen LogP contribution in [0.1, 0.15) is 29.7 Å². The van der Waals surface area contributed by atoms with Gasteiger partial charge in [0.05, 0.1) is 29.3 Å². The predicted octanol–water partition coefficient (Wildman–Crippen LogP) is 3.71. The number of anilines is 1. The minimum atomic E-state index is 0.0607. The van der Waals surface area contributed by atoms with Crippen molar-refractivity contribution in [2.24, 2.45) is 0 Å². The van der Waals surface area contributed by atoms with Crippen LogP contribution in [0.5, 0.6) is 5.75 Å². The highest BCUT2D eigenvalue weighted by Crippen LogP contribution is 2.36. The fraction of sp³-hybridized carbons (Fsp3) is 0.261. The Hall–Kier alpha value is -3.66. The summed E-state index contributed by atoms with van der Waals surface area (Å²) in [5.41, 5.74) is 8.13. The fourth-order valence-electron chi connectivity index (χ4n) is 3.36. The zero-order valence-corrected chi connectivity index (χ0v) is 18.0. The van der Waals surface area contributed by atoms with E-state index < -0.39 is 0 Å². The molecular formula is C23H20N6O2S. The molecule has 1 atom stereocenters. The molecule has 4 rings (SSSR count). The van der Waals surface area contributed by atoms with Gasteiger partial charge in [0.15, 0.2) is 0 Å². The van der Waals surface area contributed by atoms with Gasteiger partial charge in [-0.15, -0.1) is 0 Å². The summed E-state index contributed by atoms with van der Waals surface area (Å²) in [7, 11) is 0. The van der Waals surface area contributed by atoms with Crippen LogP contribution >= 0.6 is 11.8 Å². The smallest absolute Gasteiger partial charge is 0.143 e. The van der Waals surface area contributed by atoms with Crippen LogP contribution in [0, 0.1) is 22.7 Å². The third kappa shape index (κ3) is 4.80. The van der Waals surface area contributed by atoms with Crippen molar-refractivity contribution in [3.63, 3.8) is 0 Å². The van der Waals surface area contributed by atoms with E-state index in [1.54, 1.807) is 24.5 Å². The van der Waals surface area contributed by atoms with Crippen LogP contribution in [0.2, 0.25) is 0 Å². The monoisotopic (exact) mass is 444 g/mol. The number of hydrogen-bond donors (Lipinski definition) is 1. The molecule has 1 aliphatic rings. The number of nitriles is 2. The van der Waals surface area contributed by atoms with Gasteiger partial charge in [0.2, 0.25) is 0 Å². The Morgan fingerprint density at radius 1 is 1.16 bits per heavy atom. The first-order chi connectivity index (χ1) is 15.7. The minimum Gasteiger partial charge on any atom is -0.489 e. The molecule has 3 aromatic rings. The number of ether oxygens (including phenoxy) is 2. The van der Waals surface area contributed by atoms with Crippen LogP contribution in [0.3, 0.4) is 0 Å². The highest BCUT2D eigenvalue weighted by Gasteiger charge is 2.22. The third-order valence-electron chi connectivity index (χ3n) is 4.95. The van der Waals surface area contributed by atoms with E-state index in [-0.39, 0.29) is 23.0 Å². The van der Waals surface area contributed by atoms with Crippen LogP contribution in [-0.4, -0.2) is 34.3 Å². The third-order valence-corrected chi connectivity index (χ3v) is 5.96. The highest BCUT2D eigenvalue weighted by molar-refractivity contribution is 7.98. The molecule has 32 heavy (non-hydrogen) atoms. The van der Waals surface area contributed by atoms with Gasteiger partial charge in [-0.05, 0) is 37.1 Å². The lowest BCUT2D eigenvalue weighted by Crippen LogP contribution is -2.16. The summed E-state index contributed by atoms with van der Waals surface area (Å²) < 4.78 is 11.3. The standard InChI is InChI=1S/C23H20N6O2S/c24-10-18-21(20-7-6-16(12-28-20)31-13-17-5-3-9-30-17)19(11-25)23(29-22(18)26)32-14-15-4-1-2-8-27-15/h1-2,4,6-8,12,17H,3,5,9,13-14H2,(H2,26,29)/t17-/m1/s1. The number of rotatable bonds is 7. The van der Waals surface area contributed by atoms with Gasteiger partial charge in [0.25, 0.3) is 0 Å². The van der Waals surface area contributed by atoms with Gasteiger partial charge in [0.1, 0.15) is 40.9 Å². The van der Waals surface area contributed by atoms with Crippen molar-refractivity contribution in [1.29, 1.82) is 10.5 Å². The Kier molecular flexibility index (Phi) is 6.81. The van der Waals surface area contributed by atoms with Crippen molar-refractivity contribution >= 4 is 17.6 Å². The minimum absolute atomic E-state index is 0.0607. The van der Waals surface area contributed by atoms with Crippen molar-refractivity contribution in [2.45, 2.75) is 29.7 Å². The van der Waals surface area contributed by atoms with Crippen LogP contribution in [0.4, 0.5) is 5.82 Å². The quantitative estimate of drug-likeness (QED) is 0.542. The average Bonchev–Trinajstić information content (AvgIpc) is 3.36. The first-order valence-corrected chi connectivity index (χ1v) is 11.1. The molecule has 0 saturated carbocycles. The summed E-state index contributed by atoms with van der Waals surface area (Å²) in [6.07, 6.45) is 5.41. The molecule has 3 aromatic heterocycles. The Morgan fingerprint density at radius 2 is 2.03 bits per heavy atom. The fourth-order valence-corrected chi connectivity index (χ4v) is 4.27. The second kappa shape index (κ2) is 10.1. The molecule has 0 spiro atoms. The van der Waals surface area contributed by atoms with Crippen molar-refractivity contribution in [3.05, 3.63) is 59.5 Å². The number of pyridine rings is 3. The summed E-state index contributed by atoms with van der Waals surface area (Å²) >= 11 is 1.34. The number of hydrogen-bond acceptors (Lipinski definition) is 9. The van der Waals surface area contributed by atoms with Gasteiger partial charge in [-0.3, -0.25) is 9.97 Å². The Morgan fingerprint density at radius 3 is 2.69 bits per heavy atom. The van der Waals surface area contributed by atoms with Crippen molar-refractivity contribution in [1.82, 2.24) is 15.0 Å². The van der Waals surface area contributed by atoms with Gasteiger partial charge in [-0.1, -0.05) is 17.8 Å². The van der Waals surface area contributed by atoms with E-state index in [9.17, 15) is 10.5 Å². The van der Waals surface area contributed by atoms with E-state index in [1.807, 2.05) is 18.2 Å². The number of nitrogen functional groups attached to an aromatic ring is 1. The van der Waals surface area contributed by atoms with E-state index in [2.05, 4.69) is 27.1 Å². The summed E-state index contributed by atoms with van der Waals surface area (Å²) in [6, 6.07) is 13.4. The summed E-state index contributed by atoms with van der Waals surface area (Å²) in [4.78, 5) is 13.0. The van der Waals surface area contributed by atoms with Crippen LogP contribution in [-0.2, 0) is 10.5 Å². The molecule has 9 heteroatoms. The number of thioether (sulfide) groups is 1. The molecule has 0 aromatic carbocycles. The molecule has 4 heterocycles. The maximum absolute atomic E-state index is 9.89. The van der Waals surface area contributed by atoms with Gasteiger partial charge in [-0.25, -0.2) is 4.98 Å².